The molecule has 0 atom stereocenters. The van der Waals surface area contributed by atoms with Crippen molar-refractivity contribution in [2.75, 3.05) is 0 Å². The Morgan fingerprint density at radius 1 is 0.283 bits per heavy atom. The topological polar surface area (TPSA) is 51.6 Å². The van der Waals surface area contributed by atoms with Crippen LogP contribution in [0.25, 0.3) is 44.3 Å². The van der Waals surface area contributed by atoms with Gasteiger partial charge in [0.25, 0.3) is 0 Å². The fourth-order valence-electron chi connectivity index (χ4n) is 7.79. The molecule has 5 heteroatoms. The van der Waals surface area contributed by atoms with Crippen LogP contribution in [0, 0.1) is 0 Å². The molecule has 4 aromatic carbocycles. The van der Waals surface area contributed by atoms with Gasteiger partial charge < -0.3 is 0 Å². The second-order valence-corrected chi connectivity index (χ2v) is 16.7. The molecule has 0 amide bonds. The fraction of sp³-hybridized carbons (Fsp3) is 0. The van der Waals surface area contributed by atoms with Crippen LogP contribution in [0.2, 0.25) is 0 Å². The number of nitrogens with zero attached hydrogens (tertiary/aromatic N) is 4. The Bertz CT molecular complexity index is 2360. The largest absolute Gasteiger partial charge is 0.255 e. The van der Waals surface area contributed by atoms with E-state index in [1.807, 2.05) is 48.8 Å². The van der Waals surface area contributed by atoms with Crippen LogP contribution in [0.1, 0.15) is 22.3 Å². The van der Waals surface area contributed by atoms with E-state index in [4.69, 9.17) is 9.97 Å². The van der Waals surface area contributed by atoms with Crippen LogP contribution >= 0.6 is 0 Å². The number of hydrogen-bond acceptors (Lipinski definition) is 4. The summed E-state index contributed by atoms with van der Waals surface area (Å²) < 4.78 is 0. The molecule has 5 heterocycles. The number of allylic oxidation sites excluding steroid dienone is 2. The van der Waals surface area contributed by atoms with Gasteiger partial charge in [0.05, 0.1) is 22.8 Å². The van der Waals surface area contributed by atoms with Gasteiger partial charge in [0.2, 0.25) is 0 Å². The van der Waals surface area contributed by atoms with Crippen molar-refractivity contribution in [2.24, 2.45) is 0 Å². The van der Waals surface area contributed by atoms with E-state index < -0.39 is 8.07 Å². The summed E-state index contributed by atoms with van der Waals surface area (Å²) in [5, 5.41) is 5.17. The minimum absolute atomic E-state index is 0.840. The third-order valence-electron chi connectivity index (χ3n) is 10.00. The lowest BCUT2D eigenvalue weighted by Gasteiger charge is -2.36. The van der Waals surface area contributed by atoms with Crippen LogP contribution in [0.3, 0.4) is 0 Å². The highest BCUT2D eigenvalue weighted by Gasteiger charge is 2.53. The monoisotopic (exact) mass is 694 g/mol. The molecular weight excluding hydrogens is 661 g/mol. The van der Waals surface area contributed by atoms with Gasteiger partial charge in [-0.15, -0.1) is 0 Å². The predicted octanol–water partition coefficient (Wildman–Crippen LogP) is 9.48. The molecule has 9 rings (SSSR count). The minimum Gasteiger partial charge on any atom is -0.255 e. The van der Waals surface area contributed by atoms with E-state index in [0.717, 1.165) is 45.0 Å². The first-order valence-corrected chi connectivity index (χ1v) is 19.8. The lowest BCUT2D eigenvalue weighted by Crippen LogP contribution is -2.59. The van der Waals surface area contributed by atoms with Crippen LogP contribution in [0.4, 0.5) is 0 Å². The molecule has 0 radical (unpaired) electrons. The van der Waals surface area contributed by atoms with Crippen LogP contribution in [0.15, 0.2) is 207 Å². The van der Waals surface area contributed by atoms with E-state index in [1.165, 1.54) is 31.9 Å². The van der Waals surface area contributed by atoms with Crippen molar-refractivity contribution in [3.63, 3.8) is 0 Å². The van der Waals surface area contributed by atoms with E-state index in [9.17, 15) is 0 Å². The second kappa shape index (κ2) is 14.1. The Kier molecular flexibility index (Phi) is 8.52. The third-order valence-corrected chi connectivity index (χ3v) is 15.0. The summed E-state index contributed by atoms with van der Waals surface area (Å²) in [4.78, 5) is 19.4. The summed E-state index contributed by atoms with van der Waals surface area (Å²) in [7, 11) is -3.16. The molecule has 250 valence electrons. The van der Waals surface area contributed by atoms with Crippen molar-refractivity contribution in [3.05, 3.63) is 229 Å². The van der Waals surface area contributed by atoms with Crippen molar-refractivity contribution in [1.82, 2.24) is 19.9 Å². The molecule has 0 spiro atoms. The predicted molar refractivity (Wildman–Crippen MR) is 219 cm³/mol. The van der Waals surface area contributed by atoms with Gasteiger partial charge in [0.1, 0.15) is 0 Å². The van der Waals surface area contributed by atoms with Gasteiger partial charge in [0, 0.05) is 24.8 Å². The lowest BCUT2D eigenvalue weighted by molar-refractivity contribution is 1.24. The number of pyridine rings is 4. The van der Waals surface area contributed by atoms with Crippen LogP contribution in [0.5, 0.6) is 0 Å². The van der Waals surface area contributed by atoms with E-state index in [2.05, 4.69) is 168 Å². The zero-order valence-electron chi connectivity index (χ0n) is 28.9. The first-order chi connectivity index (χ1) is 26.3. The zero-order chi connectivity index (χ0) is 35.5. The molecule has 0 N–H and O–H groups in total. The van der Waals surface area contributed by atoms with Crippen LogP contribution in [-0.4, -0.2) is 28.0 Å². The molecule has 0 bridgehead atoms. The molecule has 0 unspecified atom stereocenters. The summed E-state index contributed by atoms with van der Waals surface area (Å²) in [6.07, 6.45) is 7.75. The van der Waals surface area contributed by atoms with E-state index in [1.54, 1.807) is 0 Å². The molecule has 0 fully saturated rings. The molecular formula is C48H34N4Si. The standard InChI is InChI=1S/C48H34N4Si/c1-5-17-35(18-6-1)45-46(36-19-7-2-8-20-36)48(38-28-30-44(52-34-38)42-26-14-16-32-50-42)53(39-21-9-3-10-22-39,40-23-11-4-12-24-40)47(45)37-27-29-43(51-33-37)41-25-13-15-31-49-41/h1-34H. The zero-order valence-corrected chi connectivity index (χ0v) is 29.9. The Morgan fingerprint density at radius 3 is 0.981 bits per heavy atom. The SMILES string of the molecule is c1ccc(C2=C(c3ccc(-c4ccccn4)nc3)[Si](c3ccccc3)(c3ccccc3)C(c3ccc(-c4ccccn4)nc3)=C2c2ccccc2)cc1. The highest BCUT2D eigenvalue weighted by molar-refractivity contribution is 7.29. The van der Waals surface area contributed by atoms with Gasteiger partial charge in [-0.3, -0.25) is 19.9 Å². The maximum Gasteiger partial charge on any atom is 0.182 e. The number of rotatable bonds is 8. The summed E-state index contributed by atoms with van der Waals surface area (Å²) in [5.74, 6) is 0. The minimum atomic E-state index is -3.16. The first kappa shape index (κ1) is 32.1. The van der Waals surface area contributed by atoms with Crippen molar-refractivity contribution in [2.45, 2.75) is 0 Å². The van der Waals surface area contributed by atoms with E-state index in [0.29, 0.717) is 0 Å². The van der Waals surface area contributed by atoms with Crippen LogP contribution in [-0.2, 0) is 0 Å². The lowest BCUT2D eigenvalue weighted by atomic mass is 9.89. The van der Waals surface area contributed by atoms with E-state index >= 15 is 0 Å². The maximum absolute atomic E-state index is 5.10. The average molecular weight is 695 g/mol. The highest BCUT2D eigenvalue weighted by atomic mass is 28.3. The molecule has 8 aromatic rings. The number of benzene rings is 4. The molecule has 4 aromatic heterocycles. The quantitative estimate of drug-likeness (QED) is 0.149. The molecule has 1 aliphatic rings. The highest BCUT2D eigenvalue weighted by Crippen LogP contribution is 2.55. The van der Waals surface area contributed by atoms with Crippen molar-refractivity contribution in [3.8, 4) is 22.8 Å². The first-order valence-electron chi connectivity index (χ1n) is 17.8. The Morgan fingerprint density at radius 2 is 0.642 bits per heavy atom. The summed E-state index contributed by atoms with van der Waals surface area (Å²) in [5.41, 5.74) is 10.3. The maximum atomic E-state index is 5.10. The molecule has 0 saturated carbocycles. The van der Waals surface area contributed by atoms with Gasteiger partial charge >= 0.3 is 0 Å². The van der Waals surface area contributed by atoms with Crippen molar-refractivity contribution < 1.29 is 0 Å². The number of hydrogen-bond donors (Lipinski definition) is 0. The smallest absolute Gasteiger partial charge is 0.182 e. The normalized spacial score (nSPS) is 13.7. The Balaban J connectivity index is 1.43. The molecule has 1 aliphatic heterocycles. The molecule has 4 nitrogen and oxygen atoms in total. The van der Waals surface area contributed by atoms with Gasteiger partial charge in [-0.1, -0.05) is 146 Å². The van der Waals surface area contributed by atoms with Crippen molar-refractivity contribution >= 4 is 40.0 Å². The Labute approximate surface area is 310 Å². The second-order valence-electron chi connectivity index (χ2n) is 13.0. The van der Waals surface area contributed by atoms with Crippen LogP contribution < -0.4 is 10.4 Å². The van der Waals surface area contributed by atoms with Gasteiger partial charge in [0.15, 0.2) is 8.07 Å². The summed E-state index contributed by atoms with van der Waals surface area (Å²) in [6.45, 7) is 0. The van der Waals surface area contributed by atoms with Gasteiger partial charge in [-0.25, -0.2) is 0 Å². The van der Waals surface area contributed by atoms with E-state index in [-0.39, 0.29) is 0 Å². The number of aromatic nitrogens is 4. The summed E-state index contributed by atoms with van der Waals surface area (Å²) >= 11 is 0. The molecule has 0 aliphatic carbocycles. The Hall–Kier alpha value is -6.82. The summed E-state index contributed by atoms with van der Waals surface area (Å²) in [6, 6.07) is 64.5. The molecule has 0 saturated heterocycles. The third kappa shape index (κ3) is 5.74. The fourth-order valence-corrected chi connectivity index (χ4v) is 13.4. The van der Waals surface area contributed by atoms with Crippen molar-refractivity contribution in [1.29, 1.82) is 0 Å². The van der Waals surface area contributed by atoms with Gasteiger partial charge in [-0.2, -0.15) is 0 Å². The van der Waals surface area contributed by atoms with Gasteiger partial charge in [-0.05, 0) is 90.6 Å². The average Bonchev–Trinajstić information content (AvgIpc) is 3.58. The molecule has 53 heavy (non-hydrogen) atoms.